The van der Waals surface area contributed by atoms with E-state index in [1.165, 1.54) is 18.2 Å². The van der Waals surface area contributed by atoms with Gasteiger partial charge in [-0.25, -0.2) is 0 Å². The third kappa shape index (κ3) is 4.14. The van der Waals surface area contributed by atoms with E-state index >= 15 is 0 Å². The number of aromatic hydroxyl groups is 1. The molecular formula is C11H14F3NO2. The van der Waals surface area contributed by atoms with Gasteiger partial charge in [0.05, 0.1) is 13.0 Å². The average molecular weight is 249 g/mol. The summed E-state index contributed by atoms with van der Waals surface area (Å²) in [6.45, 7) is 2.02. The molecule has 96 valence electrons. The lowest BCUT2D eigenvalue weighted by atomic mass is 10.0. The molecule has 0 fully saturated rings. The first-order chi connectivity index (χ1) is 7.83. The molecule has 3 N–H and O–H groups in total. The molecule has 0 saturated heterocycles. The number of halogens is 3. The predicted molar refractivity (Wildman–Crippen MR) is 56.9 cm³/mol. The molecule has 1 aromatic carbocycles. The van der Waals surface area contributed by atoms with Crippen LogP contribution >= 0.6 is 0 Å². The van der Waals surface area contributed by atoms with Crippen molar-refractivity contribution in [2.75, 3.05) is 6.61 Å². The lowest BCUT2D eigenvalue weighted by Gasteiger charge is -2.16. The second-order valence-electron chi connectivity index (χ2n) is 3.59. The van der Waals surface area contributed by atoms with Crippen molar-refractivity contribution in [2.45, 2.75) is 25.6 Å². The van der Waals surface area contributed by atoms with Gasteiger partial charge in [0.1, 0.15) is 0 Å². The molecule has 17 heavy (non-hydrogen) atoms. The third-order valence-corrected chi connectivity index (χ3v) is 2.16. The standard InChI is InChI=1S/C11H14F3NO2/c1-2-17-10-5-7(3-4-9(10)16)8(15)6-11(12,13)14/h3-5,8,16H,2,6,15H2,1H3/t8-/m1/s1. The lowest BCUT2D eigenvalue weighted by Crippen LogP contribution is -2.20. The molecule has 6 heteroatoms. The molecule has 0 unspecified atom stereocenters. The Hall–Kier alpha value is -1.43. The normalized spacial score (nSPS) is 13.5. The summed E-state index contributed by atoms with van der Waals surface area (Å²) < 4.78 is 41.5. The summed E-state index contributed by atoms with van der Waals surface area (Å²) in [6.07, 6.45) is -5.42. The highest BCUT2D eigenvalue weighted by Gasteiger charge is 2.31. The molecule has 0 aliphatic heterocycles. The van der Waals surface area contributed by atoms with Crippen LogP contribution in [-0.2, 0) is 0 Å². The fourth-order valence-electron chi connectivity index (χ4n) is 1.40. The molecule has 1 rings (SSSR count). The summed E-state index contributed by atoms with van der Waals surface area (Å²) in [5.41, 5.74) is 5.72. The minimum absolute atomic E-state index is 0.116. The third-order valence-electron chi connectivity index (χ3n) is 2.16. The van der Waals surface area contributed by atoms with Crippen LogP contribution in [-0.4, -0.2) is 17.9 Å². The predicted octanol–water partition coefficient (Wildman–Crippen LogP) is 2.74. The largest absolute Gasteiger partial charge is 0.504 e. The van der Waals surface area contributed by atoms with Crippen molar-refractivity contribution in [3.63, 3.8) is 0 Å². The van der Waals surface area contributed by atoms with Crippen LogP contribution in [0.2, 0.25) is 0 Å². The summed E-state index contributed by atoms with van der Waals surface area (Å²) in [4.78, 5) is 0. The quantitative estimate of drug-likeness (QED) is 0.862. The summed E-state index contributed by atoms with van der Waals surface area (Å²) in [6, 6.07) is 2.80. The van der Waals surface area contributed by atoms with E-state index in [4.69, 9.17) is 10.5 Å². The molecule has 0 radical (unpaired) electrons. The van der Waals surface area contributed by atoms with E-state index in [0.717, 1.165) is 0 Å². The van der Waals surface area contributed by atoms with Crippen LogP contribution in [0, 0.1) is 0 Å². The fraction of sp³-hybridized carbons (Fsp3) is 0.455. The van der Waals surface area contributed by atoms with Crippen molar-refractivity contribution in [1.29, 1.82) is 0 Å². The number of ether oxygens (including phenoxy) is 1. The van der Waals surface area contributed by atoms with Crippen LogP contribution < -0.4 is 10.5 Å². The molecule has 0 aliphatic rings. The van der Waals surface area contributed by atoms with E-state index in [9.17, 15) is 18.3 Å². The van der Waals surface area contributed by atoms with Gasteiger partial charge in [-0.1, -0.05) is 6.07 Å². The highest BCUT2D eigenvalue weighted by Crippen LogP contribution is 2.33. The number of phenolic OH excluding ortho intramolecular Hbond substituents is 1. The Kier molecular flexibility index (Phi) is 4.22. The maximum absolute atomic E-state index is 12.2. The monoisotopic (exact) mass is 249 g/mol. The number of nitrogens with two attached hydrogens (primary N) is 1. The van der Waals surface area contributed by atoms with Crippen molar-refractivity contribution in [3.05, 3.63) is 23.8 Å². The van der Waals surface area contributed by atoms with Crippen LogP contribution in [0.25, 0.3) is 0 Å². The molecule has 0 aliphatic carbocycles. The van der Waals surface area contributed by atoms with Gasteiger partial charge in [0.15, 0.2) is 11.5 Å². The van der Waals surface area contributed by atoms with Crippen LogP contribution in [0.4, 0.5) is 13.2 Å². The number of phenols is 1. The topological polar surface area (TPSA) is 55.5 Å². The minimum atomic E-state index is -4.32. The zero-order chi connectivity index (χ0) is 13.1. The van der Waals surface area contributed by atoms with E-state index < -0.39 is 18.6 Å². The molecule has 0 bridgehead atoms. The Balaban J connectivity index is 2.87. The minimum Gasteiger partial charge on any atom is -0.504 e. The first-order valence-corrected chi connectivity index (χ1v) is 5.11. The van der Waals surface area contributed by atoms with E-state index in [1.54, 1.807) is 6.92 Å². The van der Waals surface area contributed by atoms with E-state index in [1.807, 2.05) is 0 Å². The van der Waals surface area contributed by atoms with Gasteiger partial charge < -0.3 is 15.6 Å². The summed E-state index contributed by atoms with van der Waals surface area (Å²) >= 11 is 0. The van der Waals surface area contributed by atoms with Gasteiger partial charge in [0.2, 0.25) is 0 Å². The Morgan fingerprint density at radius 2 is 2.06 bits per heavy atom. The summed E-state index contributed by atoms with van der Waals surface area (Å²) in [7, 11) is 0. The number of alkyl halides is 3. The molecule has 0 heterocycles. The second kappa shape index (κ2) is 5.27. The van der Waals surface area contributed by atoms with Crippen LogP contribution in [0.5, 0.6) is 11.5 Å². The highest BCUT2D eigenvalue weighted by molar-refractivity contribution is 5.42. The molecule has 1 aromatic rings. The smallest absolute Gasteiger partial charge is 0.390 e. The van der Waals surface area contributed by atoms with Gasteiger partial charge >= 0.3 is 6.18 Å². The number of rotatable bonds is 4. The SMILES string of the molecule is CCOc1cc([C@H](N)CC(F)(F)F)ccc1O. The van der Waals surface area contributed by atoms with Gasteiger partial charge in [-0.2, -0.15) is 13.2 Å². The maximum atomic E-state index is 12.2. The van der Waals surface area contributed by atoms with E-state index in [0.29, 0.717) is 6.61 Å². The van der Waals surface area contributed by atoms with Crippen molar-refractivity contribution >= 4 is 0 Å². The van der Waals surface area contributed by atoms with Crippen LogP contribution in [0.1, 0.15) is 24.9 Å². The second-order valence-corrected chi connectivity index (χ2v) is 3.59. The Morgan fingerprint density at radius 1 is 1.41 bits per heavy atom. The molecule has 1 atom stereocenters. The zero-order valence-corrected chi connectivity index (χ0v) is 9.29. The molecule has 0 amide bonds. The molecular weight excluding hydrogens is 235 g/mol. The Morgan fingerprint density at radius 3 is 2.59 bits per heavy atom. The van der Waals surface area contributed by atoms with Crippen molar-refractivity contribution in [3.8, 4) is 11.5 Å². The van der Waals surface area contributed by atoms with Gasteiger partial charge in [-0.05, 0) is 24.6 Å². The molecule has 0 aromatic heterocycles. The number of hydrogen-bond donors (Lipinski definition) is 2. The average Bonchev–Trinajstić information content (AvgIpc) is 2.19. The first kappa shape index (κ1) is 13.6. The van der Waals surface area contributed by atoms with Crippen molar-refractivity contribution in [1.82, 2.24) is 0 Å². The molecule has 0 spiro atoms. The van der Waals surface area contributed by atoms with Gasteiger partial charge in [-0.15, -0.1) is 0 Å². The molecule has 0 saturated carbocycles. The molecule has 3 nitrogen and oxygen atoms in total. The van der Waals surface area contributed by atoms with E-state index in [2.05, 4.69) is 0 Å². The lowest BCUT2D eigenvalue weighted by molar-refractivity contribution is -0.138. The number of benzene rings is 1. The summed E-state index contributed by atoms with van der Waals surface area (Å²) in [5.74, 6) is 0.0254. The number of hydrogen-bond acceptors (Lipinski definition) is 3. The van der Waals surface area contributed by atoms with Gasteiger partial charge in [0.25, 0.3) is 0 Å². The summed E-state index contributed by atoms with van der Waals surface area (Å²) in [5, 5.41) is 9.39. The van der Waals surface area contributed by atoms with Gasteiger partial charge in [-0.3, -0.25) is 0 Å². The van der Waals surface area contributed by atoms with Crippen LogP contribution in [0.3, 0.4) is 0 Å². The Labute approximate surface area is 97.0 Å². The maximum Gasteiger partial charge on any atom is 0.390 e. The van der Waals surface area contributed by atoms with Crippen molar-refractivity contribution < 1.29 is 23.0 Å². The Bertz CT molecular complexity index is 379. The van der Waals surface area contributed by atoms with Crippen LogP contribution in [0.15, 0.2) is 18.2 Å². The fourth-order valence-corrected chi connectivity index (χ4v) is 1.40. The van der Waals surface area contributed by atoms with Crippen molar-refractivity contribution in [2.24, 2.45) is 5.73 Å². The van der Waals surface area contributed by atoms with E-state index in [-0.39, 0.29) is 17.1 Å². The van der Waals surface area contributed by atoms with Gasteiger partial charge in [0, 0.05) is 6.04 Å². The first-order valence-electron chi connectivity index (χ1n) is 5.11. The highest BCUT2D eigenvalue weighted by atomic mass is 19.4. The zero-order valence-electron chi connectivity index (χ0n) is 9.29.